The average molecular weight is 403 g/mol. The molecule has 7 heteroatoms. The van der Waals surface area contributed by atoms with Crippen LogP contribution >= 0.6 is 11.8 Å². The van der Waals surface area contributed by atoms with E-state index < -0.39 is 0 Å². The van der Waals surface area contributed by atoms with Crippen molar-refractivity contribution in [2.45, 2.75) is 38.4 Å². The number of benzene rings is 1. The number of amides is 1. The second kappa shape index (κ2) is 9.11. The van der Waals surface area contributed by atoms with Crippen LogP contribution in [0.5, 0.6) is 0 Å². The molecule has 1 amide bonds. The molecule has 0 aliphatic carbocycles. The predicted molar refractivity (Wildman–Crippen MR) is 113 cm³/mol. The van der Waals surface area contributed by atoms with Gasteiger partial charge in [0.1, 0.15) is 0 Å². The van der Waals surface area contributed by atoms with Crippen LogP contribution in [0.3, 0.4) is 0 Å². The summed E-state index contributed by atoms with van der Waals surface area (Å²) >= 11 is 1.46. The SMILES string of the molecule is Cc1cccc(-n2ccnc2SCC(=O)NCC(C)(C)N2CCOCC2)c1C. The van der Waals surface area contributed by atoms with Gasteiger partial charge in [0.2, 0.25) is 5.91 Å². The summed E-state index contributed by atoms with van der Waals surface area (Å²) in [5.41, 5.74) is 3.49. The Morgan fingerprint density at radius 1 is 1.29 bits per heavy atom. The van der Waals surface area contributed by atoms with Crippen molar-refractivity contribution in [1.29, 1.82) is 0 Å². The number of carbonyl (C=O) groups excluding carboxylic acids is 1. The first-order valence-electron chi connectivity index (χ1n) is 9.71. The summed E-state index contributed by atoms with van der Waals surface area (Å²) in [7, 11) is 0. The molecule has 6 nitrogen and oxygen atoms in total. The Bertz CT molecular complexity index is 812. The number of hydrogen-bond donors (Lipinski definition) is 1. The van der Waals surface area contributed by atoms with Gasteiger partial charge in [-0.15, -0.1) is 0 Å². The van der Waals surface area contributed by atoms with Crippen molar-refractivity contribution in [3.8, 4) is 5.69 Å². The van der Waals surface area contributed by atoms with Crippen LogP contribution in [-0.2, 0) is 9.53 Å². The van der Waals surface area contributed by atoms with Gasteiger partial charge in [-0.3, -0.25) is 14.3 Å². The third kappa shape index (κ3) is 4.96. The molecular weight excluding hydrogens is 372 g/mol. The molecule has 0 saturated carbocycles. The quantitative estimate of drug-likeness (QED) is 0.722. The fourth-order valence-corrected chi connectivity index (χ4v) is 4.15. The Kier molecular flexibility index (Phi) is 6.80. The van der Waals surface area contributed by atoms with Gasteiger partial charge in [0.05, 0.1) is 24.7 Å². The number of carbonyl (C=O) groups is 1. The number of nitrogens with one attached hydrogen (secondary N) is 1. The number of aromatic nitrogens is 2. The largest absolute Gasteiger partial charge is 0.379 e. The van der Waals surface area contributed by atoms with Gasteiger partial charge in [-0.2, -0.15) is 0 Å². The van der Waals surface area contributed by atoms with Crippen LogP contribution in [0.4, 0.5) is 0 Å². The minimum Gasteiger partial charge on any atom is -0.379 e. The Labute approximate surface area is 171 Å². The number of morpholine rings is 1. The van der Waals surface area contributed by atoms with E-state index in [-0.39, 0.29) is 11.4 Å². The Morgan fingerprint density at radius 2 is 2.04 bits per heavy atom. The molecule has 152 valence electrons. The van der Waals surface area contributed by atoms with E-state index in [9.17, 15) is 4.79 Å². The van der Waals surface area contributed by atoms with Crippen molar-refractivity contribution in [2.24, 2.45) is 0 Å². The van der Waals surface area contributed by atoms with Crippen LogP contribution in [0.1, 0.15) is 25.0 Å². The fourth-order valence-electron chi connectivity index (χ4n) is 3.35. The van der Waals surface area contributed by atoms with Gasteiger partial charge in [0.25, 0.3) is 0 Å². The highest BCUT2D eigenvalue weighted by atomic mass is 32.2. The summed E-state index contributed by atoms with van der Waals surface area (Å²) in [6.45, 7) is 12.5. The molecule has 0 radical (unpaired) electrons. The highest BCUT2D eigenvalue weighted by molar-refractivity contribution is 7.99. The van der Waals surface area contributed by atoms with E-state index in [1.165, 1.54) is 22.9 Å². The molecule has 0 bridgehead atoms. The molecular formula is C21H30N4O2S. The zero-order valence-corrected chi connectivity index (χ0v) is 18.0. The standard InChI is InChI=1S/C21H30N4O2S/c1-16-6-5-7-18(17(16)2)25-9-8-22-20(25)28-14-19(26)23-15-21(3,4)24-10-12-27-13-11-24/h5-9H,10-15H2,1-4H3,(H,23,26). The van der Waals surface area contributed by atoms with Gasteiger partial charge in [-0.1, -0.05) is 23.9 Å². The van der Waals surface area contributed by atoms with Crippen molar-refractivity contribution in [1.82, 2.24) is 19.8 Å². The minimum absolute atomic E-state index is 0.0295. The second-order valence-corrected chi connectivity index (χ2v) is 8.72. The summed E-state index contributed by atoms with van der Waals surface area (Å²) in [5.74, 6) is 0.378. The molecule has 0 unspecified atom stereocenters. The number of rotatable bonds is 7. The van der Waals surface area contributed by atoms with Gasteiger partial charge in [-0.25, -0.2) is 4.98 Å². The summed E-state index contributed by atoms with van der Waals surface area (Å²) in [6.07, 6.45) is 3.73. The van der Waals surface area contributed by atoms with E-state index in [0.717, 1.165) is 37.1 Å². The van der Waals surface area contributed by atoms with Crippen LogP contribution in [0, 0.1) is 13.8 Å². The van der Waals surface area contributed by atoms with Crippen LogP contribution in [0.25, 0.3) is 5.69 Å². The molecule has 0 spiro atoms. The minimum atomic E-state index is -0.0821. The molecule has 1 aromatic carbocycles. The zero-order valence-electron chi connectivity index (χ0n) is 17.2. The summed E-state index contributed by atoms with van der Waals surface area (Å²) < 4.78 is 7.48. The van der Waals surface area contributed by atoms with E-state index in [1.54, 1.807) is 6.20 Å². The highest BCUT2D eigenvalue weighted by Crippen LogP contribution is 2.24. The summed E-state index contributed by atoms with van der Waals surface area (Å²) in [4.78, 5) is 19.2. The number of hydrogen-bond acceptors (Lipinski definition) is 5. The van der Waals surface area contributed by atoms with E-state index in [2.05, 4.69) is 59.6 Å². The lowest BCUT2D eigenvalue weighted by molar-refractivity contribution is -0.119. The van der Waals surface area contributed by atoms with Crippen molar-refractivity contribution >= 4 is 17.7 Å². The normalized spacial score (nSPS) is 15.6. The van der Waals surface area contributed by atoms with Gasteiger partial charge >= 0.3 is 0 Å². The first kappa shape index (κ1) is 20.9. The maximum Gasteiger partial charge on any atom is 0.230 e. The number of nitrogens with zero attached hydrogens (tertiary/aromatic N) is 3. The van der Waals surface area contributed by atoms with E-state index >= 15 is 0 Å². The number of ether oxygens (including phenoxy) is 1. The van der Waals surface area contributed by atoms with E-state index in [0.29, 0.717) is 12.3 Å². The number of aryl methyl sites for hydroxylation is 1. The van der Waals surface area contributed by atoms with Crippen LogP contribution < -0.4 is 5.32 Å². The smallest absolute Gasteiger partial charge is 0.230 e. The molecule has 1 aliphatic rings. The van der Waals surface area contributed by atoms with Crippen molar-refractivity contribution in [2.75, 3.05) is 38.6 Å². The van der Waals surface area contributed by atoms with Gasteiger partial charge in [0, 0.05) is 37.6 Å². The monoisotopic (exact) mass is 402 g/mol. The first-order chi connectivity index (χ1) is 13.4. The van der Waals surface area contributed by atoms with Crippen molar-refractivity contribution < 1.29 is 9.53 Å². The molecule has 3 rings (SSSR count). The van der Waals surface area contributed by atoms with E-state index in [1.807, 2.05) is 12.3 Å². The van der Waals surface area contributed by atoms with Crippen molar-refractivity contribution in [3.05, 3.63) is 41.7 Å². The summed E-state index contributed by atoms with van der Waals surface area (Å²) in [6, 6.07) is 6.23. The third-order valence-electron chi connectivity index (χ3n) is 5.36. The van der Waals surface area contributed by atoms with Gasteiger partial charge in [0.15, 0.2) is 5.16 Å². The molecule has 1 aromatic heterocycles. The molecule has 1 N–H and O–H groups in total. The third-order valence-corrected chi connectivity index (χ3v) is 6.33. The van der Waals surface area contributed by atoms with Gasteiger partial charge < -0.3 is 10.1 Å². The first-order valence-corrected chi connectivity index (χ1v) is 10.7. The molecule has 2 heterocycles. The second-order valence-electron chi connectivity index (χ2n) is 7.78. The van der Waals surface area contributed by atoms with Crippen molar-refractivity contribution in [3.63, 3.8) is 0 Å². The lowest BCUT2D eigenvalue weighted by Crippen LogP contribution is -2.55. The van der Waals surface area contributed by atoms with E-state index in [4.69, 9.17) is 4.74 Å². The van der Waals surface area contributed by atoms with Crippen LogP contribution in [-0.4, -0.2) is 64.5 Å². The number of imidazole rings is 1. The highest BCUT2D eigenvalue weighted by Gasteiger charge is 2.28. The molecule has 2 aromatic rings. The molecule has 28 heavy (non-hydrogen) atoms. The van der Waals surface area contributed by atoms with Gasteiger partial charge in [-0.05, 0) is 44.9 Å². The molecule has 1 saturated heterocycles. The van der Waals surface area contributed by atoms with Crippen LogP contribution in [0.15, 0.2) is 35.7 Å². The lowest BCUT2D eigenvalue weighted by Gasteiger charge is -2.40. The zero-order chi connectivity index (χ0) is 20.1. The molecule has 1 fully saturated rings. The predicted octanol–water partition coefficient (Wildman–Crippen LogP) is 2.81. The number of thioether (sulfide) groups is 1. The lowest BCUT2D eigenvalue weighted by atomic mass is 10.0. The average Bonchev–Trinajstić information content (AvgIpc) is 3.16. The molecule has 0 atom stereocenters. The summed E-state index contributed by atoms with van der Waals surface area (Å²) in [5, 5.41) is 3.91. The molecule has 1 aliphatic heterocycles. The topological polar surface area (TPSA) is 59.4 Å². The maximum absolute atomic E-state index is 12.4. The van der Waals surface area contributed by atoms with Crippen LogP contribution in [0.2, 0.25) is 0 Å². The fraction of sp³-hybridized carbons (Fsp3) is 0.524. The maximum atomic E-state index is 12.4. The Balaban J connectivity index is 1.56. The Morgan fingerprint density at radius 3 is 2.79 bits per heavy atom. The Hall–Kier alpha value is -1.83.